The van der Waals surface area contributed by atoms with Gasteiger partial charge in [0.05, 0.1) is 23.1 Å². The molecule has 3 aromatic rings. The lowest BCUT2D eigenvalue weighted by Gasteiger charge is -2.35. The first kappa shape index (κ1) is 18.3. The fraction of sp³-hybridized carbons (Fsp3) is 0.300. The molecule has 0 saturated heterocycles. The maximum atomic E-state index is 13.2. The topological polar surface area (TPSA) is 141 Å². The number of benzene rings is 1. The Morgan fingerprint density at radius 1 is 1.11 bits per heavy atom. The predicted octanol–water partition coefficient (Wildman–Crippen LogP) is 1.20. The number of rotatable bonds is 2. The summed E-state index contributed by atoms with van der Waals surface area (Å²) in [6, 6.07) is 4.77. The Morgan fingerprint density at radius 2 is 1.82 bits per heavy atom. The van der Waals surface area contributed by atoms with Crippen molar-refractivity contribution in [2.75, 3.05) is 0 Å². The molecule has 0 spiro atoms. The summed E-state index contributed by atoms with van der Waals surface area (Å²) in [6.45, 7) is 1.64. The Hall–Kier alpha value is -3.10. The minimum atomic E-state index is -1.87. The molecular formula is C20H18O8. The van der Waals surface area contributed by atoms with Crippen molar-refractivity contribution in [3.05, 3.63) is 67.6 Å². The van der Waals surface area contributed by atoms with Crippen molar-refractivity contribution in [2.45, 2.75) is 37.9 Å². The van der Waals surface area contributed by atoms with Crippen molar-refractivity contribution in [1.82, 2.24) is 0 Å². The molecule has 28 heavy (non-hydrogen) atoms. The fourth-order valence-electron chi connectivity index (χ4n) is 3.99. The first-order valence-corrected chi connectivity index (χ1v) is 8.69. The van der Waals surface area contributed by atoms with Gasteiger partial charge in [-0.05, 0) is 18.6 Å². The molecule has 1 aromatic carbocycles. The van der Waals surface area contributed by atoms with Crippen LogP contribution in [0.4, 0.5) is 0 Å². The van der Waals surface area contributed by atoms with Gasteiger partial charge in [0.15, 0.2) is 5.43 Å². The van der Waals surface area contributed by atoms with E-state index < -0.39 is 22.8 Å². The van der Waals surface area contributed by atoms with Crippen molar-refractivity contribution < 1.29 is 29.3 Å². The minimum absolute atomic E-state index is 0.0154. The molecule has 1 aliphatic rings. The fourth-order valence-corrected chi connectivity index (χ4v) is 3.99. The number of aromatic hydroxyl groups is 2. The van der Waals surface area contributed by atoms with Gasteiger partial charge in [0.25, 0.3) is 0 Å². The molecule has 0 fully saturated rings. The molecule has 1 aliphatic carbocycles. The molecule has 0 unspecified atom stereocenters. The zero-order valence-corrected chi connectivity index (χ0v) is 14.9. The Balaban J connectivity index is 1.95. The van der Waals surface area contributed by atoms with Crippen molar-refractivity contribution >= 4 is 11.0 Å². The van der Waals surface area contributed by atoms with Crippen LogP contribution in [0.2, 0.25) is 0 Å². The summed E-state index contributed by atoms with van der Waals surface area (Å²) in [7, 11) is 0. The minimum Gasteiger partial charge on any atom is -0.508 e. The number of phenolic OH excluding ortho intramolecular Hbond substituents is 1. The number of aliphatic hydroxyl groups is 2. The molecule has 4 rings (SSSR count). The van der Waals surface area contributed by atoms with E-state index in [9.17, 15) is 30.0 Å². The SMILES string of the molecule is Cc1cc(O)cc2oc3c(c(=O)c12)[C@@](O)(Cc1cc(O)cc(=O)o1)C[C@@H](O)C3. The third-order valence-electron chi connectivity index (χ3n) is 4.98. The molecular weight excluding hydrogens is 368 g/mol. The molecule has 0 amide bonds. The maximum Gasteiger partial charge on any atom is 0.339 e. The van der Waals surface area contributed by atoms with Crippen molar-refractivity contribution in [2.24, 2.45) is 0 Å². The molecule has 0 aliphatic heterocycles. The van der Waals surface area contributed by atoms with Crippen LogP contribution >= 0.6 is 0 Å². The highest BCUT2D eigenvalue weighted by atomic mass is 16.4. The highest BCUT2D eigenvalue weighted by molar-refractivity contribution is 5.82. The van der Waals surface area contributed by atoms with Crippen LogP contribution in [0.5, 0.6) is 11.5 Å². The quantitative estimate of drug-likeness (QED) is 0.515. The second kappa shape index (κ2) is 6.22. The molecule has 146 valence electrons. The lowest BCUT2D eigenvalue weighted by Crippen LogP contribution is -2.43. The molecule has 0 saturated carbocycles. The molecule has 8 nitrogen and oxygen atoms in total. The first-order chi connectivity index (χ1) is 13.2. The summed E-state index contributed by atoms with van der Waals surface area (Å²) in [5.74, 6) is -0.328. The summed E-state index contributed by atoms with van der Waals surface area (Å²) < 4.78 is 10.8. The van der Waals surface area contributed by atoms with Gasteiger partial charge in [0, 0.05) is 31.4 Å². The van der Waals surface area contributed by atoms with Gasteiger partial charge in [-0.25, -0.2) is 4.79 Å². The summed E-state index contributed by atoms with van der Waals surface area (Å²) in [6.07, 6.45) is -1.47. The van der Waals surface area contributed by atoms with Crippen molar-refractivity contribution in [3.8, 4) is 11.5 Å². The van der Waals surface area contributed by atoms with E-state index in [2.05, 4.69) is 0 Å². The summed E-state index contributed by atoms with van der Waals surface area (Å²) in [4.78, 5) is 24.8. The van der Waals surface area contributed by atoms with Crippen LogP contribution in [0.1, 0.15) is 29.1 Å². The van der Waals surface area contributed by atoms with Crippen LogP contribution in [-0.4, -0.2) is 26.5 Å². The zero-order chi connectivity index (χ0) is 20.2. The third-order valence-corrected chi connectivity index (χ3v) is 4.98. The highest BCUT2D eigenvalue weighted by Gasteiger charge is 2.43. The number of phenols is 1. The first-order valence-electron chi connectivity index (χ1n) is 8.69. The average molecular weight is 386 g/mol. The molecule has 2 atom stereocenters. The summed E-state index contributed by atoms with van der Waals surface area (Å²) in [5.41, 5.74) is -2.54. The third kappa shape index (κ3) is 2.96. The van der Waals surface area contributed by atoms with E-state index in [0.29, 0.717) is 5.56 Å². The lowest BCUT2D eigenvalue weighted by molar-refractivity contribution is -0.0345. The number of fused-ring (bicyclic) bond motifs is 2. The molecule has 8 heteroatoms. The van der Waals surface area contributed by atoms with Gasteiger partial charge in [-0.3, -0.25) is 4.79 Å². The van der Waals surface area contributed by atoms with Gasteiger partial charge < -0.3 is 29.3 Å². The van der Waals surface area contributed by atoms with E-state index in [4.69, 9.17) is 8.83 Å². The Kier molecular flexibility index (Phi) is 4.06. The average Bonchev–Trinajstić information content (AvgIpc) is 2.51. The van der Waals surface area contributed by atoms with Gasteiger partial charge in [0.2, 0.25) is 0 Å². The van der Waals surface area contributed by atoms with E-state index in [1.54, 1.807) is 6.92 Å². The number of hydrogen-bond acceptors (Lipinski definition) is 8. The van der Waals surface area contributed by atoms with Crippen LogP contribution < -0.4 is 11.1 Å². The van der Waals surface area contributed by atoms with E-state index >= 15 is 0 Å². The van der Waals surface area contributed by atoms with Crippen molar-refractivity contribution in [1.29, 1.82) is 0 Å². The second-order valence-corrected chi connectivity index (χ2v) is 7.24. The van der Waals surface area contributed by atoms with E-state index in [1.165, 1.54) is 18.2 Å². The molecule has 0 radical (unpaired) electrons. The van der Waals surface area contributed by atoms with E-state index in [-0.39, 0.29) is 58.8 Å². The number of aryl methyl sites for hydroxylation is 1. The number of aliphatic hydroxyl groups excluding tert-OH is 1. The zero-order valence-electron chi connectivity index (χ0n) is 14.9. The summed E-state index contributed by atoms with van der Waals surface area (Å²) >= 11 is 0. The highest BCUT2D eigenvalue weighted by Crippen LogP contribution is 2.38. The van der Waals surface area contributed by atoms with Gasteiger partial charge in [-0.15, -0.1) is 0 Å². The van der Waals surface area contributed by atoms with Gasteiger partial charge in [0.1, 0.15) is 34.2 Å². The Labute approximate surface area is 157 Å². The normalized spacial score (nSPS) is 21.6. The van der Waals surface area contributed by atoms with Gasteiger partial charge in [-0.1, -0.05) is 0 Å². The predicted molar refractivity (Wildman–Crippen MR) is 97.5 cm³/mol. The molecule has 2 aromatic heterocycles. The molecule has 2 heterocycles. The maximum absolute atomic E-state index is 13.2. The van der Waals surface area contributed by atoms with Gasteiger partial charge in [-0.2, -0.15) is 0 Å². The van der Waals surface area contributed by atoms with Crippen LogP contribution in [0.25, 0.3) is 11.0 Å². The smallest absolute Gasteiger partial charge is 0.339 e. The standard InChI is InChI=1S/C20H18O8/c1-9-2-10(21)4-14-17(9)19(25)18-15(28-14)5-12(23)7-20(18,26)8-13-3-11(22)6-16(24)27-13/h2-4,6,12,21-23,26H,5,7-8H2,1H3/t12-,20-/m0/s1. The lowest BCUT2D eigenvalue weighted by atomic mass is 9.77. The van der Waals surface area contributed by atoms with E-state index in [0.717, 1.165) is 6.07 Å². The van der Waals surface area contributed by atoms with Crippen LogP contribution in [0, 0.1) is 6.92 Å². The number of hydrogen-bond donors (Lipinski definition) is 4. The van der Waals surface area contributed by atoms with Crippen LogP contribution in [0.3, 0.4) is 0 Å². The molecule has 4 N–H and O–H groups in total. The Bertz CT molecular complexity index is 1210. The Morgan fingerprint density at radius 3 is 2.54 bits per heavy atom. The summed E-state index contributed by atoms with van der Waals surface area (Å²) in [5, 5.41) is 41.2. The van der Waals surface area contributed by atoms with E-state index in [1.807, 2.05) is 0 Å². The van der Waals surface area contributed by atoms with Gasteiger partial charge >= 0.3 is 5.63 Å². The monoisotopic (exact) mass is 386 g/mol. The molecule has 0 bridgehead atoms. The van der Waals surface area contributed by atoms with Crippen molar-refractivity contribution in [3.63, 3.8) is 0 Å². The van der Waals surface area contributed by atoms with Crippen LogP contribution in [0.15, 0.2) is 42.7 Å². The second-order valence-electron chi connectivity index (χ2n) is 7.24. The largest absolute Gasteiger partial charge is 0.508 e. The van der Waals surface area contributed by atoms with Crippen LogP contribution in [-0.2, 0) is 18.4 Å².